The number of pyridine rings is 1. The Morgan fingerprint density at radius 3 is 2.15 bits per heavy atom. The van der Waals surface area contributed by atoms with Crippen LogP contribution in [-0.2, 0) is 11.6 Å². The molecule has 1 aromatic carbocycles. The molecule has 146 valence electrons. The van der Waals surface area contributed by atoms with Crippen LogP contribution in [0.25, 0.3) is 0 Å². The van der Waals surface area contributed by atoms with Gasteiger partial charge in [-0.1, -0.05) is 29.3 Å². The van der Waals surface area contributed by atoms with Crippen LogP contribution in [0.4, 0.5) is 32.2 Å². The third-order valence-corrected chi connectivity index (χ3v) is 5.01. The molecule has 0 amide bonds. The zero-order chi connectivity index (χ0) is 20.0. The van der Waals surface area contributed by atoms with Crippen LogP contribution in [0.1, 0.15) is 17.7 Å². The largest absolute Gasteiger partial charge is 0.433 e. The third kappa shape index (κ3) is 3.82. The molecule has 0 radical (unpaired) electrons. The van der Waals surface area contributed by atoms with E-state index in [1.807, 2.05) is 0 Å². The minimum atomic E-state index is -4.68. The van der Waals surface area contributed by atoms with Crippen molar-refractivity contribution in [2.45, 2.75) is 24.2 Å². The van der Waals surface area contributed by atoms with Crippen LogP contribution in [0.15, 0.2) is 36.4 Å². The average molecular weight is 429 g/mol. The first-order valence-electron chi connectivity index (χ1n) is 7.75. The maximum atomic E-state index is 14.0. The molecule has 0 N–H and O–H groups in total. The van der Waals surface area contributed by atoms with Crippen LogP contribution < -0.4 is 4.90 Å². The Hall–Kier alpha value is -1.67. The van der Waals surface area contributed by atoms with Gasteiger partial charge in [-0.3, -0.25) is 0 Å². The van der Waals surface area contributed by atoms with Crippen LogP contribution in [0.3, 0.4) is 0 Å². The molecule has 2 heterocycles. The highest BCUT2D eigenvalue weighted by atomic mass is 35.5. The van der Waals surface area contributed by atoms with Crippen molar-refractivity contribution >= 4 is 29.0 Å². The number of rotatable bonds is 2. The molecule has 27 heavy (non-hydrogen) atoms. The van der Waals surface area contributed by atoms with Gasteiger partial charge in [-0.2, -0.15) is 26.3 Å². The zero-order valence-electron chi connectivity index (χ0n) is 13.5. The van der Waals surface area contributed by atoms with Crippen molar-refractivity contribution in [2.75, 3.05) is 18.0 Å². The highest BCUT2D eigenvalue weighted by Crippen LogP contribution is 2.49. The van der Waals surface area contributed by atoms with Gasteiger partial charge in [0, 0.05) is 23.1 Å². The Bertz CT molecular complexity index is 832. The summed E-state index contributed by atoms with van der Waals surface area (Å²) >= 11 is 11.7. The highest BCUT2D eigenvalue weighted by molar-refractivity contribution is 6.34. The zero-order valence-corrected chi connectivity index (χ0v) is 15.0. The highest BCUT2D eigenvalue weighted by Gasteiger charge is 2.59. The topological polar surface area (TPSA) is 16.1 Å². The molecule has 1 aliphatic rings. The first-order valence-corrected chi connectivity index (χ1v) is 8.50. The van der Waals surface area contributed by atoms with Crippen molar-refractivity contribution in [1.29, 1.82) is 0 Å². The van der Waals surface area contributed by atoms with Crippen molar-refractivity contribution in [1.82, 2.24) is 4.98 Å². The molecule has 1 atom stereocenters. The first-order chi connectivity index (χ1) is 12.4. The molecule has 1 fully saturated rings. The molecule has 3 rings (SSSR count). The molecule has 0 saturated carbocycles. The Kier molecular flexibility index (Phi) is 5.01. The van der Waals surface area contributed by atoms with Crippen molar-refractivity contribution < 1.29 is 26.3 Å². The van der Waals surface area contributed by atoms with Gasteiger partial charge in [-0.05, 0) is 42.3 Å². The summed E-state index contributed by atoms with van der Waals surface area (Å²) in [5.74, 6) is -0.163. The fourth-order valence-electron chi connectivity index (χ4n) is 3.22. The average Bonchev–Trinajstić information content (AvgIpc) is 3.00. The lowest BCUT2D eigenvalue weighted by Crippen LogP contribution is -2.45. The summed E-state index contributed by atoms with van der Waals surface area (Å²) in [6.45, 7) is -0.695. The summed E-state index contributed by atoms with van der Waals surface area (Å²) < 4.78 is 80.6. The van der Waals surface area contributed by atoms with E-state index in [0.717, 1.165) is 12.1 Å². The predicted molar refractivity (Wildman–Crippen MR) is 90.3 cm³/mol. The van der Waals surface area contributed by atoms with Gasteiger partial charge in [0.15, 0.2) is 0 Å². The second-order valence-corrected chi connectivity index (χ2v) is 7.16. The van der Waals surface area contributed by atoms with Crippen LogP contribution in [-0.4, -0.2) is 24.2 Å². The quantitative estimate of drug-likeness (QED) is 0.535. The molecule has 0 aliphatic carbocycles. The molecule has 10 heteroatoms. The van der Waals surface area contributed by atoms with E-state index in [4.69, 9.17) is 23.2 Å². The number of alkyl halides is 6. The molecule has 1 saturated heterocycles. The monoisotopic (exact) mass is 428 g/mol. The fraction of sp³-hybridized carbons (Fsp3) is 0.353. The molecule has 1 unspecified atom stereocenters. The number of halogens is 8. The summed E-state index contributed by atoms with van der Waals surface area (Å²) in [5.41, 5.74) is -3.59. The van der Waals surface area contributed by atoms with Gasteiger partial charge >= 0.3 is 12.4 Å². The number of aromatic nitrogens is 1. The summed E-state index contributed by atoms with van der Waals surface area (Å²) in [4.78, 5) is 4.68. The normalized spacial score (nSPS) is 21.0. The summed E-state index contributed by atoms with van der Waals surface area (Å²) in [5, 5.41) is 0.105. The van der Waals surface area contributed by atoms with Gasteiger partial charge in [0.2, 0.25) is 0 Å². The lowest BCUT2D eigenvalue weighted by molar-refractivity contribution is -0.184. The minimum Gasteiger partial charge on any atom is -0.355 e. The summed E-state index contributed by atoms with van der Waals surface area (Å²) in [6, 6.07) is 6.83. The number of benzene rings is 1. The van der Waals surface area contributed by atoms with E-state index in [1.165, 1.54) is 29.2 Å². The Morgan fingerprint density at radius 2 is 1.59 bits per heavy atom. The van der Waals surface area contributed by atoms with Gasteiger partial charge in [0.1, 0.15) is 16.9 Å². The van der Waals surface area contributed by atoms with Crippen molar-refractivity contribution in [2.24, 2.45) is 0 Å². The van der Waals surface area contributed by atoms with Crippen LogP contribution in [0.5, 0.6) is 0 Å². The molecular formula is C17H12Cl2F6N2. The molecule has 2 aromatic rings. The standard InChI is InChI=1S/C17H12Cl2F6N2/c18-11-6-10(7-12(19)8-11)15(17(23,24)25)4-5-27(9-15)14-3-1-2-13(26-14)16(20,21)22/h1-3,6-8H,4-5,9H2. The second kappa shape index (κ2) is 6.74. The lowest BCUT2D eigenvalue weighted by Gasteiger charge is -2.32. The van der Waals surface area contributed by atoms with Crippen LogP contribution in [0, 0.1) is 0 Å². The van der Waals surface area contributed by atoms with E-state index in [1.54, 1.807) is 0 Å². The Morgan fingerprint density at radius 1 is 0.963 bits per heavy atom. The van der Waals surface area contributed by atoms with Crippen molar-refractivity contribution in [3.05, 3.63) is 57.7 Å². The van der Waals surface area contributed by atoms with Gasteiger partial charge in [-0.15, -0.1) is 0 Å². The van der Waals surface area contributed by atoms with Crippen LogP contribution >= 0.6 is 23.2 Å². The van der Waals surface area contributed by atoms with E-state index in [0.29, 0.717) is 0 Å². The number of nitrogens with zero attached hydrogens (tertiary/aromatic N) is 2. The molecule has 0 spiro atoms. The van der Waals surface area contributed by atoms with Crippen LogP contribution in [0.2, 0.25) is 10.0 Å². The smallest absolute Gasteiger partial charge is 0.355 e. The van der Waals surface area contributed by atoms with Gasteiger partial charge in [-0.25, -0.2) is 4.98 Å². The van der Waals surface area contributed by atoms with Gasteiger partial charge in [0.05, 0.1) is 0 Å². The van der Waals surface area contributed by atoms with E-state index < -0.39 is 30.0 Å². The van der Waals surface area contributed by atoms with E-state index in [-0.39, 0.29) is 34.4 Å². The Balaban J connectivity index is 2.01. The summed E-state index contributed by atoms with van der Waals surface area (Å²) in [7, 11) is 0. The lowest BCUT2D eigenvalue weighted by atomic mass is 9.79. The van der Waals surface area contributed by atoms with Gasteiger partial charge < -0.3 is 4.90 Å². The van der Waals surface area contributed by atoms with Crippen molar-refractivity contribution in [3.8, 4) is 0 Å². The fourth-order valence-corrected chi connectivity index (χ4v) is 3.75. The molecule has 0 bridgehead atoms. The molecule has 1 aromatic heterocycles. The van der Waals surface area contributed by atoms with E-state index >= 15 is 0 Å². The maximum Gasteiger partial charge on any atom is 0.433 e. The van der Waals surface area contributed by atoms with E-state index in [2.05, 4.69) is 4.98 Å². The number of anilines is 1. The second-order valence-electron chi connectivity index (χ2n) is 6.29. The molecule has 2 nitrogen and oxygen atoms in total. The van der Waals surface area contributed by atoms with Gasteiger partial charge in [0.25, 0.3) is 0 Å². The number of hydrogen-bond acceptors (Lipinski definition) is 2. The van der Waals surface area contributed by atoms with Crippen molar-refractivity contribution in [3.63, 3.8) is 0 Å². The maximum absolute atomic E-state index is 14.0. The minimum absolute atomic E-state index is 0.0526. The molecule has 1 aliphatic heterocycles. The summed E-state index contributed by atoms with van der Waals surface area (Å²) in [6.07, 6.45) is -9.69. The predicted octanol–water partition coefficient (Wildman–Crippen LogP) is 6.12. The van der Waals surface area contributed by atoms with E-state index in [9.17, 15) is 26.3 Å². The Labute approximate surface area is 160 Å². The SMILES string of the molecule is FC(F)(F)c1cccc(N2CCC(c3cc(Cl)cc(Cl)c3)(C(F)(F)F)C2)n1. The number of hydrogen-bond donors (Lipinski definition) is 0. The molecular weight excluding hydrogens is 417 g/mol. The first kappa shape index (κ1) is 20.1. The third-order valence-electron chi connectivity index (χ3n) is 4.58.